The summed E-state index contributed by atoms with van der Waals surface area (Å²) in [5.74, 6) is 0.686. The standard InChI is InChI=1S/C26H29NS/c1-25(2)21-15-16-26(3,28-19-10-5-4-6-11-19)17-23(21)27-24-20-12-8-7-9-18(20)13-14-22(24)25/h4-14,21,23,27H,15-17H2,1-3H3/t21-,23+,26+/m1/s1. The van der Waals surface area contributed by atoms with Crippen LogP contribution in [0.4, 0.5) is 5.69 Å². The molecular formula is C26H29NS. The van der Waals surface area contributed by atoms with Crippen molar-refractivity contribution in [3.63, 3.8) is 0 Å². The van der Waals surface area contributed by atoms with Gasteiger partial charge in [0.1, 0.15) is 0 Å². The van der Waals surface area contributed by atoms with E-state index in [0.29, 0.717) is 12.0 Å². The first-order valence-corrected chi connectivity index (χ1v) is 11.3. The Labute approximate surface area is 172 Å². The molecule has 0 amide bonds. The van der Waals surface area contributed by atoms with Crippen LogP contribution in [0.2, 0.25) is 0 Å². The molecule has 1 aliphatic heterocycles. The summed E-state index contributed by atoms with van der Waals surface area (Å²) in [4.78, 5) is 1.39. The minimum atomic E-state index is 0.202. The van der Waals surface area contributed by atoms with Crippen LogP contribution in [0.1, 0.15) is 45.6 Å². The van der Waals surface area contributed by atoms with Gasteiger partial charge < -0.3 is 5.32 Å². The van der Waals surface area contributed by atoms with E-state index in [2.05, 4.69) is 105 Å². The van der Waals surface area contributed by atoms with Crippen LogP contribution in [-0.4, -0.2) is 10.8 Å². The van der Waals surface area contributed by atoms with Gasteiger partial charge in [0.25, 0.3) is 0 Å². The van der Waals surface area contributed by atoms with Gasteiger partial charge in [-0.15, -0.1) is 11.8 Å². The third-order valence-corrected chi connectivity index (χ3v) is 8.48. The van der Waals surface area contributed by atoms with Gasteiger partial charge >= 0.3 is 0 Å². The summed E-state index contributed by atoms with van der Waals surface area (Å²) in [6.45, 7) is 7.40. The van der Waals surface area contributed by atoms with E-state index in [9.17, 15) is 0 Å². The molecule has 0 aromatic heterocycles. The number of hydrogen-bond donors (Lipinski definition) is 1. The molecule has 0 saturated heterocycles. The minimum Gasteiger partial charge on any atom is -0.381 e. The zero-order chi connectivity index (χ0) is 19.4. The van der Waals surface area contributed by atoms with Gasteiger partial charge in [0.2, 0.25) is 0 Å². The summed E-state index contributed by atoms with van der Waals surface area (Å²) >= 11 is 2.07. The van der Waals surface area contributed by atoms with Crippen LogP contribution >= 0.6 is 11.8 Å². The molecule has 0 unspecified atom stereocenters. The molecule has 2 aliphatic rings. The van der Waals surface area contributed by atoms with Gasteiger partial charge in [-0.05, 0) is 53.7 Å². The fraction of sp³-hybridized carbons (Fsp3) is 0.385. The van der Waals surface area contributed by atoms with E-state index in [1.165, 1.54) is 46.2 Å². The van der Waals surface area contributed by atoms with Gasteiger partial charge in [-0.2, -0.15) is 0 Å². The zero-order valence-corrected chi connectivity index (χ0v) is 17.9. The van der Waals surface area contributed by atoms with Crippen LogP contribution in [0.15, 0.2) is 71.6 Å². The van der Waals surface area contributed by atoms with Crippen molar-refractivity contribution in [3.05, 3.63) is 72.3 Å². The SMILES string of the molecule is CC1(C)c2ccc3ccccc3c2N[C@H]2C[C@@](C)(Sc3ccccc3)CC[C@H]21. The first-order valence-electron chi connectivity index (χ1n) is 10.5. The van der Waals surface area contributed by atoms with Crippen molar-refractivity contribution in [2.75, 3.05) is 5.32 Å². The molecule has 28 heavy (non-hydrogen) atoms. The smallest absolute Gasteiger partial charge is 0.0460 e. The highest BCUT2D eigenvalue weighted by molar-refractivity contribution is 8.00. The van der Waals surface area contributed by atoms with Gasteiger partial charge in [0.15, 0.2) is 0 Å². The minimum absolute atomic E-state index is 0.202. The van der Waals surface area contributed by atoms with Crippen LogP contribution < -0.4 is 5.32 Å². The second-order valence-corrected chi connectivity index (χ2v) is 11.1. The average molecular weight is 388 g/mol. The van der Waals surface area contributed by atoms with Crippen molar-refractivity contribution < 1.29 is 0 Å². The molecule has 1 nitrogen and oxygen atoms in total. The summed E-state index contributed by atoms with van der Waals surface area (Å²) in [6, 6.07) is 24.9. The molecule has 0 bridgehead atoms. The lowest BCUT2D eigenvalue weighted by molar-refractivity contribution is 0.186. The predicted octanol–water partition coefficient (Wildman–Crippen LogP) is 7.26. The maximum Gasteiger partial charge on any atom is 0.0460 e. The molecule has 1 fully saturated rings. The molecule has 1 aliphatic carbocycles. The fourth-order valence-electron chi connectivity index (χ4n) is 5.60. The lowest BCUT2D eigenvalue weighted by Gasteiger charge is -2.52. The number of rotatable bonds is 2. The number of fused-ring (bicyclic) bond motifs is 4. The summed E-state index contributed by atoms with van der Waals surface area (Å²) < 4.78 is 0.285. The first-order chi connectivity index (χ1) is 13.5. The normalized spacial score (nSPS) is 28.2. The van der Waals surface area contributed by atoms with Crippen molar-refractivity contribution >= 4 is 28.2 Å². The zero-order valence-electron chi connectivity index (χ0n) is 17.0. The Balaban J connectivity index is 1.51. The molecule has 3 aromatic rings. The van der Waals surface area contributed by atoms with Crippen molar-refractivity contribution in [1.29, 1.82) is 0 Å². The van der Waals surface area contributed by atoms with Gasteiger partial charge in [0, 0.05) is 26.8 Å². The van der Waals surface area contributed by atoms with Crippen molar-refractivity contribution in [3.8, 4) is 0 Å². The Bertz CT molecular complexity index is 1010. The molecule has 3 aromatic carbocycles. The molecule has 1 N–H and O–H groups in total. The van der Waals surface area contributed by atoms with E-state index in [1.54, 1.807) is 0 Å². The van der Waals surface area contributed by atoms with E-state index in [4.69, 9.17) is 0 Å². The van der Waals surface area contributed by atoms with E-state index >= 15 is 0 Å². The highest BCUT2D eigenvalue weighted by atomic mass is 32.2. The quantitative estimate of drug-likeness (QED) is 0.496. The second kappa shape index (κ2) is 6.56. The monoisotopic (exact) mass is 387 g/mol. The first kappa shape index (κ1) is 18.1. The van der Waals surface area contributed by atoms with Gasteiger partial charge in [-0.3, -0.25) is 0 Å². The number of hydrogen-bond acceptors (Lipinski definition) is 2. The molecule has 1 saturated carbocycles. The predicted molar refractivity (Wildman–Crippen MR) is 122 cm³/mol. The number of nitrogens with one attached hydrogen (secondary N) is 1. The molecule has 0 spiro atoms. The Morgan fingerprint density at radius 2 is 1.64 bits per heavy atom. The highest BCUT2D eigenvalue weighted by Crippen LogP contribution is 2.54. The average Bonchev–Trinajstić information content (AvgIpc) is 2.68. The van der Waals surface area contributed by atoms with Crippen LogP contribution in [0, 0.1) is 5.92 Å². The lowest BCUT2D eigenvalue weighted by atomic mass is 9.61. The van der Waals surface area contributed by atoms with Gasteiger partial charge in [-0.25, -0.2) is 0 Å². The number of benzene rings is 3. The maximum atomic E-state index is 4.03. The summed E-state index contributed by atoms with van der Waals surface area (Å²) in [5.41, 5.74) is 3.07. The van der Waals surface area contributed by atoms with E-state index in [0.717, 1.165) is 0 Å². The maximum absolute atomic E-state index is 4.03. The molecule has 5 rings (SSSR count). The summed E-state index contributed by atoms with van der Waals surface area (Å²) in [7, 11) is 0. The van der Waals surface area contributed by atoms with E-state index < -0.39 is 0 Å². The van der Waals surface area contributed by atoms with Gasteiger partial charge in [-0.1, -0.05) is 75.4 Å². The van der Waals surface area contributed by atoms with Crippen molar-refractivity contribution in [1.82, 2.24) is 0 Å². The van der Waals surface area contributed by atoms with E-state index in [-0.39, 0.29) is 10.2 Å². The molecule has 3 atom stereocenters. The number of anilines is 1. The van der Waals surface area contributed by atoms with Gasteiger partial charge in [0.05, 0.1) is 0 Å². The highest BCUT2D eigenvalue weighted by Gasteiger charge is 2.48. The lowest BCUT2D eigenvalue weighted by Crippen LogP contribution is -2.52. The third-order valence-electron chi connectivity index (χ3n) is 7.11. The Morgan fingerprint density at radius 3 is 2.46 bits per heavy atom. The van der Waals surface area contributed by atoms with Crippen LogP contribution in [0.5, 0.6) is 0 Å². The summed E-state index contributed by atoms with van der Waals surface area (Å²) in [6.07, 6.45) is 3.78. The molecule has 144 valence electrons. The summed E-state index contributed by atoms with van der Waals surface area (Å²) in [5, 5.41) is 6.73. The fourth-order valence-corrected chi connectivity index (χ4v) is 6.95. The van der Waals surface area contributed by atoms with Crippen LogP contribution in [-0.2, 0) is 5.41 Å². The number of thioether (sulfide) groups is 1. The molecule has 0 radical (unpaired) electrons. The Kier molecular flexibility index (Phi) is 4.24. The molecular weight excluding hydrogens is 358 g/mol. The molecule has 1 heterocycles. The third kappa shape index (κ3) is 2.93. The Morgan fingerprint density at radius 1 is 0.893 bits per heavy atom. The largest absolute Gasteiger partial charge is 0.381 e. The molecule has 2 heteroatoms. The second-order valence-electron chi connectivity index (χ2n) is 9.40. The topological polar surface area (TPSA) is 12.0 Å². The van der Waals surface area contributed by atoms with E-state index in [1.807, 2.05) is 0 Å². The van der Waals surface area contributed by atoms with Crippen molar-refractivity contribution in [2.24, 2.45) is 5.92 Å². The van der Waals surface area contributed by atoms with Crippen LogP contribution in [0.3, 0.4) is 0 Å². The van der Waals surface area contributed by atoms with Crippen LogP contribution in [0.25, 0.3) is 10.8 Å². The Hall–Kier alpha value is -1.93. The van der Waals surface area contributed by atoms with Crippen molar-refractivity contribution in [2.45, 2.75) is 61.1 Å².